The molecule has 0 unspecified atom stereocenters. The van der Waals surface area contributed by atoms with E-state index in [2.05, 4.69) is 15.6 Å². The highest BCUT2D eigenvalue weighted by Gasteiger charge is 2.22. The van der Waals surface area contributed by atoms with Gasteiger partial charge in [-0.05, 0) is 36.8 Å². The number of carbonyl (C=O) groups excluding carboxylic acids is 2. The lowest BCUT2D eigenvalue weighted by Gasteiger charge is -2.19. The Bertz CT molecular complexity index is 869. The molecule has 0 aliphatic carbocycles. The number of nitrogens with zero attached hydrogens (tertiary/aromatic N) is 1. The Morgan fingerprint density at radius 3 is 2.27 bits per heavy atom. The van der Waals surface area contributed by atoms with E-state index in [1.807, 2.05) is 27.7 Å². The molecule has 1 aromatic carbocycles. The maximum absolute atomic E-state index is 12.3. The Balaban J connectivity index is 2.21. The second-order valence-electron chi connectivity index (χ2n) is 6.90. The SMILES string of the molecule is Cc1ccc(NC(=O)c2cccc(C(=O)O)n2)cc1NC(=O)C(C)(C)C. The van der Waals surface area contributed by atoms with Gasteiger partial charge in [-0.2, -0.15) is 0 Å². The summed E-state index contributed by atoms with van der Waals surface area (Å²) in [5.41, 5.74) is 1.15. The van der Waals surface area contributed by atoms with Crippen molar-refractivity contribution in [1.82, 2.24) is 4.98 Å². The summed E-state index contributed by atoms with van der Waals surface area (Å²) in [6.45, 7) is 7.28. The van der Waals surface area contributed by atoms with Crippen molar-refractivity contribution >= 4 is 29.2 Å². The summed E-state index contributed by atoms with van der Waals surface area (Å²) in [5, 5.41) is 14.5. The Labute approximate surface area is 151 Å². The zero-order valence-electron chi connectivity index (χ0n) is 15.1. The normalized spacial score (nSPS) is 10.9. The molecule has 2 rings (SSSR count). The highest BCUT2D eigenvalue weighted by atomic mass is 16.4. The zero-order valence-corrected chi connectivity index (χ0v) is 15.1. The average molecular weight is 355 g/mol. The van der Waals surface area contributed by atoms with E-state index in [9.17, 15) is 14.4 Å². The second kappa shape index (κ2) is 7.35. The molecule has 0 fully saturated rings. The van der Waals surface area contributed by atoms with E-state index in [1.54, 1.807) is 18.2 Å². The molecule has 0 saturated carbocycles. The van der Waals surface area contributed by atoms with Crippen molar-refractivity contribution in [3.8, 4) is 0 Å². The van der Waals surface area contributed by atoms with Gasteiger partial charge in [0.25, 0.3) is 5.91 Å². The van der Waals surface area contributed by atoms with E-state index < -0.39 is 17.3 Å². The van der Waals surface area contributed by atoms with Crippen molar-refractivity contribution in [3.63, 3.8) is 0 Å². The fraction of sp³-hybridized carbons (Fsp3) is 0.263. The third kappa shape index (κ3) is 4.66. The van der Waals surface area contributed by atoms with Gasteiger partial charge in [0, 0.05) is 16.8 Å². The summed E-state index contributed by atoms with van der Waals surface area (Å²) in [7, 11) is 0. The molecule has 0 aliphatic rings. The van der Waals surface area contributed by atoms with Crippen LogP contribution in [0.25, 0.3) is 0 Å². The number of anilines is 2. The van der Waals surface area contributed by atoms with Crippen LogP contribution in [0.2, 0.25) is 0 Å². The molecule has 7 nitrogen and oxygen atoms in total. The summed E-state index contributed by atoms with van der Waals surface area (Å²) in [6.07, 6.45) is 0. The van der Waals surface area contributed by atoms with Crippen molar-refractivity contribution in [2.75, 3.05) is 10.6 Å². The van der Waals surface area contributed by atoms with Gasteiger partial charge in [-0.1, -0.05) is 32.9 Å². The number of carboxylic acids is 1. The number of hydrogen-bond acceptors (Lipinski definition) is 4. The van der Waals surface area contributed by atoms with Crippen molar-refractivity contribution < 1.29 is 19.5 Å². The summed E-state index contributed by atoms with van der Waals surface area (Å²) in [6, 6.07) is 9.31. The predicted octanol–water partition coefficient (Wildman–Crippen LogP) is 3.33. The lowest BCUT2D eigenvalue weighted by Crippen LogP contribution is -2.28. The quantitative estimate of drug-likeness (QED) is 0.779. The fourth-order valence-corrected chi connectivity index (χ4v) is 2.02. The molecule has 136 valence electrons. The lowest BCUT2D eigenvalue weighted by atomic mass is 9.95. The molecule has 3 N–H and O–H groups in total. The molecular weight excluding hydrogens is 334 g/mol. The van der Waals surface area contributed by atoms with E-state index in [-0.39, 0.29) is 17.3 Å². The Kier molecular flexibility index (Phi) is 5.40. The number of hydrogen-bond donors (Lipinski definition) is 3. The highest BCUT2D eigenvalue weighted by Crippen LogP contribution is 2.23. The van der Waals surface area contributed by atoms with Gasteiger partial charge >= 0.3 is 5.97 Å². The predicted molar refractivity (Wildman–Crippen MR) is 98.4 cm³/mol. The number of aromatic nitrogens is 1. The summed E-state index contributed by atoms with van der Waals surface area (Å²) < 4.78 is 0. The molecular formula is C19H21N3O4. The van der Waals surface area contributed by atoms with Gasteiger partial charge in [0.15, 0.2) is 0 Å². The smallest absolute Gasteiger partial charge is 0.354 e. The molecule has 1 aromatic heterocycles. The number of aryl methyl sites for hydroxylation is 1. The summed E-state index contributed by atoms with van der Waals surface area (Å²) >= 11 is 0. The Morgan fingerprint density at radius 1 is 1.00 bits per heavy atom. The molecule has 1 heterocycles. The minimum Gasteiger partial charge on any atom is -0.477 e. The van der Waals surface area contributed by atoms with Crippen molar-refractivity contribution in [2.45, 2.75) is 27.7 Å². The fourth-order valence-electron chi connectivity index (χ4n) is 2.02. The van der Waals surface area contributed by atoms with E-state index >= 15 is 0 Å². The molecule has 2 amide bonds. The number of nitrogens with one attached hydrogen (secondary N) is 2. The molecule has 0 saturated heterocycles. The van der Waals surface area contributed by atoms with Crippen LogP contribution in [0.15, 0.2) is 36.4 Å². The van der Waals surface area contributed by atoms with E-state index in [0.29, 0.717) is 11.4 Å². The maximum atomic E-state index is 12.3. The van der Waals surface area contributed by atoms with Gasteiger partial charge in [0.1, 0.15) is 11.4 Å². The minimum absolute atomic E-state index is 0.00856. The third-order valence-corrected chi connectivity index (χ3v) is 3.63. The molecule has 26 heavy (non-hydrogen) atoms. The van der Waals surface area contributed by atoms with Crippen LogP contribution in [0.1, 0.15) is 47.3 Å². The van der Waals surface area contributed by atoms with E-state index in [4.69, 9.17) is 5.11 Å². The largest absolute Gasteiger partial charge is 0.477 e. The van der Waals surface area contributed by atoms with Crippen LogP contribution < -0.4 is 10.6 Å². The Hall–Kier alpha value is -3.22. The van der Waals surface area contributed by atoms with Gasteiger partial charge in [-0.25, -0.2) is 9.78 Å². The van der Waals surface area contributed by atoms with Crippen LogP contribution in [0.4, 0.5) is 11.4 Å². The number of carboxylic acid groups (broad SMARTS) is 1. The van der Waals surface area contributed by atoms with Crippen LogP contribution in [-0.4, -0.2) is 27.9 Å². The van der Waals surface area contributed by atoms with Crippen LogP contribution >= 0.6 is 0 Å². The number of rotatable bonds is 4. The summed E-state index contributed by atoms with van der Waals surface area (Å²) in [5.74, 6) is -1.88. The van der Waals surface area contributed by atoms with Crippen molar-refractivity contribution in [2.24, 2.45) is 5.41 Å². The molecule has 2 aromatic rings. The average Bonchev–Trinajstić information content (AvgIpc) is 2.57. The van der Waals surface area contributed by atoms with Crippen molar-refractivity contribution in [3.05, 3.63) is 53.3 Å². The first-order valence-corrected chi connectivity index (χ1v) is 8.02. The van der Waals surface area contributed by atoms with Crippen LogP contribution in [0.5, 0.6) is 0 Å². The third-order valence-electron chi connectivity index (χ3n) is 3.63. The lowest BCUT2D eigenvalue weighted by molar-refractivity contribution is -0.123. The molecule has 0 aliphatic heterocycles. The number of aromatic carboxylic acids is 1. The van der Waals surface area contributed by atoms with Gasteiger partial charge in [0.2, 0.25) is 5.91 Å². The van der Waals surface area contributed by atoms with Gasteiger partial charge in [-0.3, -0.25) is 9.59 Å². The number of benzene rings is 1. The Morgan fingerprint density at radius 2 is 1.65 bits per heavy atom. The minimum atomic E-state index is -1.21. The molecule has 7 heteroatoms. The first-order valence-electron chi connectivity index (χ1n) is 8.02. The highest BCUT2D eigenvalue weighted by molar-refractivity contribution is 6.04. The summed E-state index contributed by atoms with van der Waals surface area (Å²) in [4.78, 5) is 39.3. The number of pyridine rings is 1. The molecule has 0 atom stereocenters. The second-order valence-corrected chi connectivity index (χ2v) is 6.90. The van der Waals surface area contributed by atoms with Crippen LogP contribution in [0, 0.1) is 12.3 Å². The van der Waals surface area contributed by atoms with Crippen molar-refractivity contribution in [1.29, 1.82) is 0 Å². The molecule has 0 radical (unpaired) electrons. The van der Waals surface area contributed by atoms with E-state index in [1.165, 1.54) is 18.2 Å². The van der Waals surface area contributed by atoms with E-state index in [0.717, 1.165) is 5.56 Å². The van der Waals surface area contributed by atoms with Crippen LogP contribution in [-0.2, 0) is 4.79 Å². The monoisotopic (exact) mass is 355 g/mol. The molecule has 0 spiro atoms. The topological polar surface area (TPSA) is 108 Å². The molecule has 0 bridgehead atoms. The standard InChI is InChI=1S/C19H21N3O4/c1-11-8-9-12(10-15(11)22-18(26)19(2,3)4)20-16(23)13-6-5-7-14(21-13)17(24)25/h5-10H,1-4H3,(H,20,23)(H,22,26)(H,24,25). The first-order chi connectivity index (χ1) is 12.1. The zero-order chi connectivity index (χ0) is 19.5. The van der Waals surface area contributed by atoms with Gasteiger partial charge in [0.05, 0.1) is 0 Å². The first kappa shape index (κ1) is 19.1. The van der Waals surface area contributed by atoms with Gasteiger partial charge < -0.3 is 15.7 Å². The maximum Gasteiger partial charge on any atom is 0.354 e. The number of carbonyl (C=O) groups is 3. The van der Waals surface area contributed by atoms with Crippen LogP contribution in [0.3, 0.4) is 0 Å². The van der Waals surface area contributed by atoms with Gasteiger partial charge in [-0.15, -0.1) is 0 Å². The number of amides is 2.